The number of esters is 1. The van der Waals surface area contributed by atoms with Crippen LogP contribution in [0, 0.1) is 12.7 Å². The Hall–Kier alpha value is -1.42. The Morgan fingerprint density at radius 3 is 2.53 bits per heavy atom. The molecule has 0 aliphatic heterocycles. The van der Waals surface area contributed by atoms with E-state index in [2.05, 4.69) is 5.32 Å². The largest absolute Gasteiger partial charge is 0.468 e. The molecule has 0 aromatic heterocycles. The number of hydrogen-bond acceptors (Lipinski definition) is 3. The van der Waals surface area contributed by atoms with Gasteiger partial charge in [0, 0.05) is 6.04 Å². The SMILES string of the molecule is COC(=O)C(NC(C)C)c1ccc(F)c(C)c1. The summed E-state index contributed by atoms with van der Waals surface area (Å²) < 4.78 is 17.9. The van der Waals surface area contributed by atoms with Crippen molar-refractivity contribution in [3.8, 4) is 0 Å². The standard InChI is InChI=1S/C13H18FNO2/c1-8(2)15-12(13(16)17-4)10-5-6-11(14)9(3)7-10/h5-8,12,15H,1-4H3. The van der Waals surface area contributed by atoms with Gasteiger partial charge in [-0.1, -0.05) is 12.1 Å². The van der Waals surface area contributed by atoms with Crippen molar-refractivity contribution in [2.75, 3.05) is 7.11 Å². The molecule has 0 heterocycles. The van der Waals surface area contributed by atoms with Gasteiger partial charge in [-0.3, -0.25) is 5.32 Å². The summed E-state index contributed by atoms with van der Waals surface area (Å²) in [5.41, 5.74) is 1.23. The lowest BCUT2D eigenvalue weighted by atomic mass is 10.0. The maximum absolute atomic E-state index is 13.2. The van der Waals surface area contributed by atoms with E-state index in [0.29, 0.717) is 11.1 Å². The molecule has 1 aromatic rings. The lowest BCUT2D eigenvalue weighted by molar-refractivity contribution is -0.143. The molecule has 0 fully saturated rings. The summed E-state index contributed by atoms with van der Waals surface area (Å²) >= 11 is 0. The summed E-state index contributed by atoms with van der Waals surface area (Å²) in [6.07, 6.45) is 0. The number of benzene rings is 1. The van der Waals surface area contributed by atoms with Crippen molar-refractivity contribution in [3.05, 3.63) is 35.1 Å². The van der Waals surface area contributed by atoms with Crippen LogP contribution in [-0.2, 0) is 9.53 Å². The minimum atomic E-state index is -0.556. The van der Waals surface area contributed by atoms with E-state index in [9.17, 15) is 9.18 Å². The summed E-state index contributed by atoms with van der Waals surface area (Å²) in [4.78, 5) is 11.7. The van der Waals surface area contributed by atoms with Crippen LogP contribution < -0.4 is 5.32 Å². The highest BCUT2D eigenvalue weighted by molar-refractivity contribution is 5.77. The number of carbonyl (C=O) groups is 1. The normalized spacial score (nSPS) is 12.6. The molecular weight excluding hydrogens is 221 g/mol. The molecule has 0 bridgehead atoms. The number of aryl methyl sites for hydroxylation is 1. The fourth-order valence-corrected chi connectivity index (χ4v) is 1.60. The van der Waals surface area contributed by atoms with Crippen LogP contribution in [0.1, 0.15) is 31.0 Å². The molecule has 0 aliphatic rings. The fourth-order valence-electron chi connectivity index (χ4n) is 1.60. The van der Waals surface area contributed by atoms with Gasteiger partial charge in [0.15, 0.2) is 0 Å². The van der Waals surface area contributed by atoms with E-state index in [0.717, 1.165) is 0 Å². The first-order valence-corrected chi connectivity index (χ1v) is 5.55. The van der Waals surface area contributed by atoms with Crippen LogP contribution in [0.25, 0.3) is 0 Å². The van der Waals surface area contributed by atoms with Gasteiger partial charge in [-0.25, -0.2) is 9.18 Å². The number of nitrogens with one attached hydrogen (secondary N) is 1. The molecule has 3 nitrogen and oxygen atoms in total. The first kappa shape index (κ1) is 13.6. The molecule has 1 aromatic carbocycles. The van der Waals surface area contributed by atoms with E-state index in [1.54, 1.807) is 19.1 Å². The van der Waals surface area contributed by atoms with Gasteiger partial charge >= 0.3 is 5.97 Å². The van der Waals surface area contributed by atoms with E-state index in [4.69, 9.17) is 4.74 Å². The van der Waals surface area contributed by atoms with Crippen molar-refractivity contribution in [2.24, 2.45) is 0 Å². The average Bonchev–Trinajstić information content (AvgIpc) is 2.28. The predicted molar refractivity (Wildman–Crippen MR) is 64.2 cm³/mol. The van der Waals surface area contributed by atoms with E-state index in [1.807, 2.05) is 13.8 Å². The monoisotopic (exact) mass is 239 g/mol. The minimum Gasteiger partial charge on any atom is -0.468 e. The van der Waals surface area contributed by atoms with Gasteiger partial charge in [-0.05, 0) is 38.0 Å². The third kappa shape index (κ3) is 3.53. The van der Waals surface area contributed by atoms with Gasteiger partial charge in [0.05, 0.1) is 7.11 Å². The Balaban J connectivity index is 3.03. The number of hydrogen-bond donors (Lipinski definition) is 1. The van der Waals surface area contributed by atoms with Gasteiger partial charge < -0.3 is 4.74 Å². The zero-order valence-electron chi connectivity index (χ0n) is 10.6. The molecule has 0 spiro atoms. The summed E-state index contributed by atoms with van der Waals surface area (Å²) in [5, 5.41) is 3.10. The second kappa shape index (κ2) is 5.77. The Kier molecular flexibility index (Phi) is 4.63. The fraction of sp³-hybridized carbons (Fsp3) is 0.462. The lowest BCUT2D eigenvalue weighted by Crippen LogP contribution is -2.34. The van der Waals surface area contributed by atoms with Gasteiger partial charge in [-0.2, -0.15) is 0 Å². The highest BCUT2D eigenvalue weighted by Crippen LogP contribution is 2.18. The van der Waals surface area contributed by atoms with Crippen molar-refractivity contribution in [2.45, 2.75) is 32.9 Å². The van der Waals surface area contributed by atoms with Gasteiger partial charge in [-0.15, -0.1) is 0 Å². The third-order valence-electron chi connectivity index (χ3n) is 2.45. The first-order valence-electron chi connectivity index (χ1n) is 5.55. The third-order valence-corrected chi connectivity index (χ3v) is 2.45. The van der Waals surface area contributed by atoms with Crippen molar-refractivity contribution in [1.29, 1.82) is 0 Å². The molecule has 1 rings (SSSR count). The molecule has 17 heavy (non-hydrogen) atoms. The quantitative estimate of drug-likeness (QED) is 0.820. The molecule has 0 amide bonds. The second-order valence-corrected chi connectivity index (χ2v) is 4.29. The van der Waals surface area contributed by atoms with Crippen LogP contribution in [0.15, 0.2) is 18.2 Å². The Morgan fingerprint density at radius 2 is 2.06 bits per heavy atom. The second-order valence-electron chi connectivity index (χ2n) is 4.29. The topological polar surface area (TPSA) is 38.3 Å². The van der Waals surface area contributed by atoms with Crippen molar-refractivity contribution >= 4 is 5.97 Å². The number of carbonyl (C=O) groups excluding carboxylic acids is 1. The van der Waals surface area contributed by atoms with E-state index in [-0.39, 0.29) is 17.8 Å². The van der Waals surface area contributed by atoms with Crippen molar-refractivity contribution < 1.29 is 13.9 Å². The number of ether oxygens (including phenoxy) is 1. The summed E-state index contributed by atoms with van der Waals surface area (Å²) in [5.74, 6) is -0.647. The van der Waals surface area contributed by atoms with E-state index >= 15 is 0 Å². The molecule has 4 heteroatoms. The molecule has 94 valence electrons. The van der Waals surface area contributed by atoms with Crippen LogP contribution in [0.3, 0.4) is 0 Å². The van der Waals surface area contributed by atoms with E-state index < -0.39 is 6.04 Å². The van der Waals surface area contributed by atoms with E-state index in [1.165, 1.54) is 13.2 Å². The van der Waals surface area contributed by atoms with Crippen molar-refractivity contribution in [1.82, 2.24) is 5.32 Å². The zero-order chi connectivity index (χ0) is 13.0. The summed E-state index contributed by atoms with van der Waals surface area (Å²) in [6.45, 7) is 5.54. The van der Waals surface area contributed by atoms with Crippen LogP contribution in [-0.4, -0.2) is 19.1 Å². The predicted octanol–water partition coefficient (Wildman–Crippen LogP) is 2.35. The molecule has 1 atom stereocenters. The van der Waals surface area contributed by atoms with Crippen LogP contribution in [0.5, 0.6) is 0 Å². The van der Waals surface area contributed by atoms with Gasteiger partial charge in [0.1, 0.15) is 11.9 Å². The highest BCUT2D eigenvalue weighted by Gasteiger charge is 2.22. The Morgan fingerprint density at radius 1 is 1.41 bits per heavy atom. The Labute approximate surface area is 101 Å². The zero-order valence-corrected chi connectivity index (χ0v) is 10.6. The maximum atomic E-state index is 13.2. The lowest BCUT2D eigenvalue weighted by Gasteiger charge is -2.19. The molecule has 0 saturated carbocycles. The number of halogens is 1. The van der Waals surface area contributed by atoms with Crippen LogP contribution >= 0.6 is 0 Å². The molecule has 1 N–H and O–H groups in total. The first-order chi connectivity index (χ1) is 7.95. The van der Waals surface area contributed by atoms with Crippen LogP contribution in [0.2, 0.25) is 0 Å². The smallest absolute Gasteiger partial charge is 0.327 e. The highest BCUT2D eigenvalue weighted by atomic mass is 19.1. The number of methoxy groups -OCH3 is 1. The molecule has 1 unspecified atom stereocenters. The van der Waals surface area contributed by atoms with Crippen molar-refractivity contribution in [3.63, 3.8) is 0 Å². The number of rotatable bonds is 4. The minimum absolute atomic E-state index is 0.129. The van der Waals surface area contributed by atoms with Gasteiger partial charge in [0.2, 0.25) is 0 Å². The van der Waals surface area contributed by atoms with Crippen LogP contribution in [0.4, 0.5) is 4.39 Å². The summed E-state index contributed by atoms with van der Waals surface area (Å²) in [7, 11) is 1.34. The summed E-state index contributed by atoms with van der Waals surface area (Å²) in [6, 6.07) is 4.19. The Bertz CT molecular complexity index is 404. The average molecular weight is 239 g/mol. The van der Waals surface area contributed by atoms with Gasteiger partial charge in [0.25, 0.3) is 0 Å². The molecular formula is C13H18FNO2. The molecule has 0 saturated heterocycles. The molecule has 0 radical (unpaired) electrons. The maximum Gasteiger partial charge on any atom is 0.327 e. The molecule has 0 aliphatic carbocycles.